The zero-order chi connectivity index (χ0) is 15.2. The van der Waals surface area contributed by atoms with Crippen molar-refractivity contribution in [2.75, 3.05) is 23.4 Å². The molecule has 0 saturated carbocycles. The van der Waals surface area contributed by atoms with E-state index in [4.69, 9.17) is 9.97 Å². The molecule has 2 atom stereocenters. The first kappa shape index (κ1) is 17.7. The van der Waals surface area contributed by atoms with Crippen LogP contribution in [0.4, 0.5) is 5.82 Å². The Morgan fingerprint density at radius 2 is 1.95 bits per heavy atom. The maximum absolute atomic E-state index is 4.89. The minimum Gasteiger partial charge on any atom is -0.369 e. The van der Waals surface area contributed by atoms with Crippen molar-refractivity contribution in [1.29, 1.82) is 0 Å². The fourth-order valence-corrected chi connectivity index (χ4v) is 6.18. The highest BCUT2D eigenvalue weighted by Gasteiger charge is 2.29. The van der Waals surface area contributed by atoms with Crippen molar-refractivity contribution >= 4 is 51.9 Å². The van der Waals surface area contributed by atoms with Crippen LogP contribution in [0.5, 0.6) is 0 Å². The summed E-state index contributed by atoms with van der Waals surface area (Å²) in [4.78, 5) is 9.76. The van der Waals surface area contributed by atoms with Gasteiger partial charge in [0.05, 0.1) is 14.5 Å². The first-order chi connectivity index (χ1) is 10.2. The van der Waals surface area contributed by atoms with Crippen molar-refractivity contribution in [1.82, 2.24) is 9.97 Å². The van der Waals surface area contributed by atoms with Crippen LogP contribution in [-0.2, 0) is 6.42 Å². The normalized spacial score (nSPS) is 22.3. The second-order valence-corrected chi connectivity index (χ2v) is 8.76. The molecule has 118 valence electrons. The molecular formula is C15H24IN3S2. The average Bonchev–Trinajstić information content (AvgIpc) is 2.53. The van der Waals surface area contributed by atoms with E-state index >= 15 is 0 Å². The summed E-state index contributed by atoms with van der Waals surface area (Å²) in [5, 5.41) is 4.56. The standard InChI is InChI=1S/C15H24IN3S2/c1-4-7-17-14-12(16)10(5-2)18-15(19-14)13-11(6-3)20-8-9-21-13/h11,13H,4-9H2,1-3H3,(H,17,18,19). The van der Waals surface area contributed by atoms with Gasteiger partial charge in [0, 0.05) is 23.3 Å². The van der Waals surface area contributed by atoms with Crippen LogP contribution in [0.2, 0.25) is 0 Å². The van der Waals surface area contributed by atoms with Gasteiger partial charge < -0.3 is 5.32 Å². The monoisotopic (exact) mass is 437 g/mol. The molecule has 1 aliphatic rings. The highest BCUT2D eigenvalue weighted by atomic mass is 127. The van der Waals surface area contributed by atoms with Gasteiger partial charge in [0.2, 0.25) is 0 Å². The van der Waals surface area contributed by atoms with Crippen LogP contribution in [0.15, 0.2) is 0 Å². The van der Waals surface area contributed by atoms with E-state index in [-0.39, 0.29) is 0 Å². The Morgan fingerprint density at radius 1 is 1.19 bits per heavy atom. The van der Waals surface area contributed by atoms with Gasteiger partial charge in [-0.1, -0.05) is 20.8 Å². The summed E-state index contributed by atoms with van der Waals surface area (Å²) in [6.45, 7) is 7.61. The number of halogens is 1. The van der Waals surface area contributed by atoms with Gasteiger partial charge in [-0.2, -0.15) is 11.8 Å². The number of hydrogen-bond acceptors (Lipinski definition) is 5. The number of anilines is 1. The molecule has 2 rings (SSSR count). The topological polar surface area (TPSA) is 37.8 Å². The third-order valence-corrected chi connectivity index (χ3v) is 7.90. The van der Waals surface area contributed by atoms with Gasteiger partial charge in [-0.15, -0.1) is 11.8 Å². The predicted molar refractivity (Wildman–Crippen MR) is 105 cm³/mol. The molecule has 1 fully saturated rings. The number of aromatic nitrogens is 2. The van der Waals surface area contributed by atoms with Crippen LogP contribution in [0.1, 0.15) is 50.4 Å². The van der Waals surface area contributed by atoms with Crippen molar-refractivity contribution in [3.63, 3.8) is 0 Å². The molecule has 1 saturated heterocycles. The molecule has 2 heterocycles. The molecule has 2 unspecified atom stereocenters. The van der Waals surface area contributed by atoms with Gasteiger partial charge >= 0.3 is 0 Å². The van der Waals surface area contributed by atoms with Crippen LogP contribution in [0.25, 0.3) is 0 Å². The number of hydrogen-bond donors (Lipinski definition) is 1. The molecule has 21 heavy (non-hydrogen) atoms. The molecule has 0 bridgehead atoms. The lowest BCUT2D eigenvalue weighted by molar-refractivity contribution is 0.739. The molecule has 6 heteroatoms. The van der Waals surface area contributed by atoms with E-state index in [0.717, 1.165) is 31.0 Å². The molecular weight excluding hydrogens is 413 g/mol. The highest BCUT2D eigenvalue weighted by Crippen LogP contribution is 2.43. The first-order valence-corrected chi connectivity index (χ1v) is 10.9. The van der Waals surface area contributed by atoms with Crippen molar-refractivity contribution < 1.29 is 0 Å². The summed E-state index contributed by atoms with van der Waals surface area (Å²) in [5.41, 5.74) is 1.19. The Balaban J connectivity index is 2.33. The van der Waals surface area contributed by atoms with Crippen LogP contribution in [-0.4, -0.2) is 33.3 Å². The summed E-state index contributed by atoms with van der Waals surface area (Å²) in [6, 6.07) is 0. The summed E-state index contributed by atoms with van der Waals surface area (Å²) in [6.07, 6.45) is 3.27. The fraction of sp³-hybridized carbons (Fsp3) is 0.733. The van der Waals surface area contributed by atoms with Gasteiger partial charge in [0.25, 0.3) is 0 Å². The molecule has 0 radical (unpaired) electrons. The minimum atomic E-state index is 0.443. The van der Waals surface area contributed by atoms with E-state index < -0.39 is 0 Å². The number of aryl methyl sites for hydroxylation is 1. The third kappa shape index (κ3) is 4.41. The van der Waals surface area contributed by atoms with Crippen LogP contribution in [0, 0.1) is 3.57 Å². The van der Waals surface area contributed by atoms with Crippen molar-refractivity contribution in [2.45, 2.75) is 50.5 Å². The summed E-state index contributed by atoms with van der Waals surface area (Å²) in [5.74, 6) is 4.53. The van der Waals surface area contributed by atoms with E-state index in [1.165, 1.54) is 27.2 Å². The van der Waals surface area contributed by atoms with Gasteiger partial charge in [-0.05, 0) is 41.9 Å². The maximum Gasteiger partial charge on any atom is 0.145 e. The Labute approximate surface area is 150 Å². The van der Waals surface area contributed by atoms with E-state index in [1.807, 2.05) is 11.8 Å². The predicted octanol–water partition coefficient (Wildman–Crippen LogP) is 4.77. The van der Waals surface area contributed by atoms with Gasteiger partial charge in [0.15, 0.2) is 0 Å². The molecule has 1 aromatic heterocycles. The Kier molecular flexibility index (Phi) is 7.41. The Morgan fingerprint density at radius 3 is 2.62 bits per heavy atom. The lowest BCUT2D eigenvalue weighted by Crippen LogP contribution is -2.22. The lowest BCUT2D eigenvalue weighted by Gasteiger charge is -2.29. The fourth-order valence-electron chi connectivity index (χ4n) is 2.38. The van der Waals surface area contributed by atoms with E-state index in [1.54, 1.807) is 0 Å². The molecule has 0 spiro atoms. The Bertz CT molecular complexity index is 470. The number of nitrogens with one attached hydrogen (secondary N) is 1. The second-order valence-electron chi connectivity index (χ2n) is 5.08. The van der Waals surface area contributed by atoms with Gasteiger partial charge in [0.1, 0.15) is 11.6 Å². The number of thioether (sulfide) groups is 2. The first-order valence-electron chi connectivity index (χ1n) is 7.74. The quantitative estimate of drug-likeness (QED) is 0.650. The van der Waals surface area contributed by atoms with Crippen molar-refractivity contribution in [2.24, 2.45) is 0 Å². The van der Waals surface area contributed by atoms with Crippen LogP contribution < -0.4 is 5.32 Å². The molecule has 1 aromatic rings. The third-order valence-electron chi connectivity index (χ3n) is 3.52. The van der Waals surface area contributed by atoms with Crippen molar-refractivity contribution in [3.05, 3.63) is 15.1 Å². The van der Waals surface area contributed by atoms with E-state index in [2.05, 4.69) is 60.4 Å². The van der Waals surface area contributed by atoms with E-state index in [0.29, 0.717) is 10.5 Å². The number of rotatable bonds is 6. The highest BCUT2D eigenvalue weighted by molar-refractivity contribution is 14.1. The SMILES string of the molecule is CCCNc1nc(C2SCCSC2CC)nc(CC)c1I. The van der Waals surface area contributed by atoms with Gasteiger partial charge in [-0.3, -0.25) is 0 Å². The number of nitrogens with zero attached hydrogens (tertiary/aromatic N) is 2. The zero-order valence-electron chi connectivity index (χ0n) is 13.0. The average molecular weight is 437 g/mol. The smallest absolute Gasteiger partial charge is 0.145 e. The minimum absolute atomic E-state index is 0.443. The van der Waals surface area contributed by atoms with Gasteiger partial charge in [-0.25, -0.2) is 9.97 Å². The molecule has 1 aliphatic heterocycles. The molecule has 0 aromatic carbocycles. The lowest BCUT2D eigenvalue weighted by atomic mass is 10.2. The van der Waals surface area contributed by atoms with E-state index in [9.17, 15) is 0 Å². The maximum atomic E-state index is 4.89. The summed E-state index contributed by atoms with van der Waals surface area (Å²) >= 11 is 6.50. The molecule has 0 amide bonds. The zero-order valence-corrected chi connectivity index (χ0v) is 16.8. The summed E-state index contributed by atoms with van der Waals surface area (Å²) < 4.78 is 1.19. The molecule has 0 aliphatic carbocycles. The van der Waals surface area contributed by atoms with Crippen molar-refractivity contribution in [3.8, 4) is 0 Å². The Hall–Kier alpha value is 0.310. The summed E-state index contributed by atoms with van der Waals surface area (Å²) in [7, 11) is 0. The largest absolute Gasteiger partial charge is 0.369 e. The second kappa shape index (κ2) is 8.82. The van der Waals surface area contributed by atoms with Crippen LogP contribution in [0.3, 0.4) is 0 Å². The molecule has 1 N–H and O–H groups in total. The molecule has 3 nitrogen and oxygen atoms in total. The van der Waals surface area contributed by atoms with Crippen LogP contribution >= 0.6 is 46.1 Å².